The third kappa shape index (κ3) is 3.10. The standard InChI is InChI=1S/C13H8ClFN2O3/c14-8-2-3-9(15)11(5-8)17-12(18)10-4-1-7(6-16-10)13(19)20/h1-6H,(H,17,18)(H,19,20). The second-order valence-corrected chi connectivity index (χ2v) is 4.25. The van der Waals surface area contributed by atoms with Crippen LogP contribution in [0.25, 0.3) is 0 Å². The molecular weight excluding hydrogens is 287 g/mol. The molecule has 1 amide bonds. The Labute approximate surface area is 118 Å². The van der Waals surface area contributed by atoms with Crippen LogP contribution in [0.2, 0.25) is 5.02 Å². The fraction of sp³-hybridized carbons (Fsp3) is 0. The van der Waals surface area contributed by atoms with Crippen LogP contribution in [-0.4, -0.2) is 22.0 Å². The molecule has 0 aliphatic heterocycles. The zero-order valence-electron chi connectivity index (χ0n) is 9.93. The molecule has 2 rings (SSSR count). The van der Waals surface area contributed by atoms with Gasteiger partial charge in [0.2, 0.25) is 0 Å². The van der Waals surface area contributed by atoms with Crippen molar-refractivity contribution in [1.29, 1.82) is 0 Å². The third-order valence-corrected chi connectivity index (χ3v) is 2.65. The highest BCUT2D eigenvalue weighted by atomic mass is 35.5. The molecule has 0 aliphatic rings. The number of aromatic carboxylic acids is 1. The van der Waals surface area contributed by atoms with Crippen molar-refractivity contribution >= 4 is 29.2 Å². The van der Waals surface area contributed by atoms with Gasteiger partial charge in [0.05, 0.1) is 11.3 Å². The van der Waals surface area contributed by atoms with E-state index < -0.39 is 17.7 Å². The molecule has 1 aromatic carbocycles. The van der Waals surface area contributed by atoms with Gasteiger partial charge >= 0.3 is 5.97 Å². The van der Waals surface area contributed by atoms with Crippen LogP contribution >= 0.6 is 11.6 Å². The van der Waals surface area contributed by atoms with E-state index in [1.165, 1.54) is 24.3 Å². The van der Waals surface area contributed by atoms with Crippen LogP contribution < -0.4 is 5.32 Å². The Hall–Kier alpha value is -2.47. The molecule has 0 unspecified atom stereocenters. The quantitative estimate of drug-likeness (QED) is 0.912. The molecule has 5 nitrogen and oxygen atoms in total. The minimum absolute atomic E-state index is 0.0330. The van der Waals surface area contributed by atoms with Gasteiger partial charge in [-0.2, -0.15) is 0 Å². The van der Waals surface area contributed by atoms with Gasteiger partial charge in [0.15, 0.2) is 0 Å². The molecule has 2 aromatic rings. The smallest absolute Gasteiger partial charge is 0.337 e. The molecule has 7 heteroatoms. The minimum atomic E-state index is -1.15. The first kappa shape index (κ1) is 14.0. The van der Waals surface area contributed by atoms with Crippen LogP contribution in [0.5, 0.6) is 0 Å². The fourth-order valence-electron chi connectivity index (χ4n) is 1.43. The van der Waals surface area contributed by atoms with Crippen LogP contribution in [0.4, 0.5) is 10.1 Å². The molecule has 0 aliphatic carbocycles. The number of amides is 1. The topological polar surface area (TPSA) is 79.3 Å². The molecule has 2 N–H and O–H groups in total. The number of benzene rings is 1. The van der Waals surface area contributed by atoms with Gasteiger partial charge in [0.1, 0.15) is 11.5 Å². The summed E-state index contributed by atoms with van der Waals surface area (Å²) in [7, 11) is 0. The molecule has 0 saturated heterocycles. The number of carbonyl (C=O) groups excluding carboxylic acids is 1. The molecule has 0 radical (unpaired) electrons. The molecule has 0 atom stereocenters. The number of carboxylic acid groups (broad SMARTS) is 1. The van der Waals surface area contributed by atoms with Crippen LogP contribution in [0.15, 0.2) is 36.5 Å². The van der Waals surface area contributed by atoms with E-state index in [1.54, 1.807) is 0 Å². The maximum absolute atomic E-state index is 13.4. The van der Waals surface area contributed by atoms with E-state index in [0.29, 0.717) is 0 Å². The number of anilines is 1. The van der Waals surface area contributed by atoms with Crippen molar-refractivity contribution < 1.29 is 19.1 Å². The first-order valence-corrected chi connectivity index (χ1v) is 5.81. The number of pyridine rings is 1. The molecule has 20 heavy (non-hydrogen) atoms. The highest BCUT2D eigenvalue weighted by Crippen LogP contribution is 2.20. The van der Waals surface area contributed by atoms with E-state index in [9.17, 15) is 14.0 Å². The number of carboxylic acids is 1. The van der Waals surface area contributed by atoms with Gasteiger partial charge in [0.25, 0.3) is 5.91 Å². The summed E-state index contributed by atoms with van der Waals surface area (Å²) in [4.78, 5) is 26.2. The van der Waals surface area contributed by atoms with Crippen molar-refractivity contribution in [1.82, 2.24) is 4.98 Å². The Morgan fingerprint density at radius 1 is 1.25 bits per heavy atom. The summed E-state index contributed by atoms with van der Waals surface area (Å²) >= 11 is 5.70. The lowest BCUT2D eigenvalue weighted by Crippen LogP contribution is -2.15. The molecular formula is C13H8ClFN2O3. The monoisotopic (exact) mass is 294 g/mol. The molecule has 0 spiro atoms. The van der Waals surface area contributed by atoms with Gasteiger partial charge in [-0.15, -0.1) is 0 Å². The van der Waals surface area contributed by atoms with E-state index in [4.69, 9.17) is 16.7 Å². The Bertz CT molecular complexity index is 674. The largest absolute Gasteiger partial charge is 0.478 e. The summed E-state index contributed by atoms with van der Waals surface area (Å²) < 4.78 is 13.4. The number of hydrogen-bond acceptors (Lipinski definition) is 3. The predicted molar refractivity (Wildman–Crippen MR) is 70.6 cm³/mol. The lowest BCUT2D eigenvalue weighted by Gasteiger charge is -2.06. The fourth-order valence-corrected chi connectivity index (χ4v) is 1.61. The number of hydrogen-bond donors (Lipinski definition) is 2. The first-order chi connectivity index (χ1) is 9.47. The van der Waals surface area contributed by atoms with Crippen molar-refractivity contribution in [2.24, 2.45) is 0 Å². The van der Waals surface area contributed by atoms with Crippen molar-refractivity contribution in [2.45, 2.75) is 0 Å². The van der Waals surface area contributed by atoms with E-state index in [2.05, 4.69) is 10.3 Å². The second-order valence-electron chi connectivity index (χ2n) is 3.82. The van der Waals surface area contributed by atoms with Crippen LogP contribution in [0, 0.1) is 5.82 Å². The van der Waals surface area contributed by atoms with Gasteiger partial charge in [-0.1, -0.05) is 11.6 Å². The van der Waals surface area contributed by atoms with Gasteiger partial charge < -0.3 is 10.4 Å². The van der Waals surface area contributed by atoms with Crippen molar-refractivity contribution in [3.05, 3.63) is 58.6 Å². The van der Waals surface area contributed by atoms with Crippen LogP contribution in [0.1, 0.15) is 20.8 Å². The Morgan fingerprint density at radius 3 is 2.60 bits per heavy atom. The zero-order chi connectivity index (χ0) is 14.7. The number of nitrogens with zero attached hydrogens (tertiary/aromatic N) is 1. The van der Waals surface area contributed by atoms with E-state index >= 15 is 0 Å². The summed E-state index contributed by atoms with van der Waals surface area (Å²) in [6.07, 6.45) is 1.05. The highest BCUT2D eigenvalue weighted by Gasteiger charge is 2.12. The van der Waals surface area contributed by atoms with Gasteiger partial charge in [-0.05, 0) is 30.3 Å². The van der Waals surface area contributed by atoms with Gasteiger partial charge in [-0.3, -0.25) is 9.78 Å². The average Bonchev–Trinajstić information content (AvgIpc) is 2.43. The van der Waals surface area contributed by atoms with E-state index in [1.807, 2.05) is 0 Å². The third-order valence-electron chi connectivity index (χ3n) is 2.42. The summed E-state index contributed by atoms with van der Waals surface area (Å²) in [5, 5.41) is 11.3. The van der Waals surface area contributed by atoms with E-state index in [0.717, 1.165) is 12.3 Å². The minimum Gasteiger partial charge on any atom is -0.478 e. The van der Waals surface area contributed by atoms with Crippen molar-refractivity contribution in [3.63, 3.8) is 0 Å². The Morgan fingerprint density at radius 2 is 2.00 bits per heavy atom. The van der Waals surface area contributed by atoms with Crippen molar-refractivity contribution in [2.75, 3.05) is 5.32 Å². The maximum atomic E-state index is 13.4. The molecule has 1 aromatic heterocycles. The molecule has 0 fully saturated rings. The maximum Gasteiger partial charge on any atom is 0.337 e. The summed E-state index contributed by atoms with van der Waals surface area (Å²) in [6.45, 7) is 0. The van der Waals surface area contributed by atoms with Gasteiger partial charge in [0, 0.05) is 11.2 Å². The van der Waals surface area contributed by atoms with Crippen LogP contribution in [0.3, 0.4) is 0 Å². The predicted octanol–water partition coefficient (Wildman–Crippen LogP) is 2.82. The Kier molecular flexibility index (Phi) is 3.95. The number of nitrogens with one attached hydrogen (secondary N) is 1. The molecule has 0 bridgehead atoms. The average molecular weight is 295 g/mol. The zero-order valence-corrected chi connectivity index (χ0v) is 10.7. The lowest BCUT2D eigenvalue weighted by atomic mass is 10.2. The summed E-state index contributed by atoms with van der Waals surface area (Å²) in [6, 6.07) is 6.21. The summed E-state index contributed by atoms with van der Waals surface area (Å²) in [5.41, 5.74) is -0.156. The van der Waals surface area contributed by atoms with Gasteiger partial charge in [-0.25, -0.2) is 9.18 Å². The normalized spacial score (nSPS) is 10.1. The number of carbonyl (C=O) groups is 2. The SMILES string of the molecule is O=C(O)c1ccc(C(=O)Nc2cc(Cl)ccc2F)nc1. The Balaban J connectivity index is 2.19. The van der Waals surface area contributed by atoms with Crippen molar-refractivity contribution in [3.8, 4) is 0 Å². The summed E-state index contributed by atoms with van der Waals surface area (Å²) in [5.74, 6) is -2.45. The number of halogens is 2. The molecule has 0 saturated carbocycles. The van der Waals surface area contributed by atoms with Crippen LogP contribution in [-0.2, 0) is 0 Å². The van der Waals surface area contributed by atoms with E-state index in [-0.39, 0.29) is 22.0 Å². The number of rotatable bonds is 3. The number of aromatic nitrogens is 1. The molecule has 1 heterocycles. The highest BCUT2D eigenvalue weighted by molar-refractivity contribution is 6.31. The molecule has 102 valence electrons. The first-order valence-electron chi connectivity index (χ1n) is 5.43. The lowest BCUT2D eigenvalue weighted by molar-refractivity contribution is 0.0696. The second kappa shape index (κ2) is 5.66.